The molecule has 12 heavy (non-hydrogen) atoms. The standard InChI is InChI=1S/C6H7N5S/c7-1-5-10-4(2-12-5)6-8-3-9-11-6/h2-3H,1,7H2,(H,8,9,11). The molecule has 2 aromatic rings. The van der Waals surface area contributed by atoms with Gasteiger partial charge in [0.05, 0.1) is 0 Å². The normalized spacial score (nSPS) is 10.4. The van der Waals surface area contributed by atoms with Gasteiger partial charge in [0.25, 0.3) is 0 Å². The van der Waals surface area contributed by atoms with Crippen LogP contribution in [-0.4, -0.2) is 20.2 Å². The van der Waals surface area contributed by atoms with Crippen molar-refractivity contribution in [2.45, 2.75) is 6.54 Å². The van der Waals surface area contributed by atoms with E-state index in [2.05, 4.69) is 20.2 Å². The highest BCUT2D eigenvalue weighted by molar-refractivity contribution is 7.09. The predicted molar refractivity (Wildman–Crippen MR) is 45.4 cm³/mol. The molecule has 0 aromatic carbocycles. The van der Waals surface area contributed by atoms with Crippen LogP contribution in [0.15, 0.2) is 11.7 Å². The van der Waals surface area contributed by atoms with Crippen molar-refractivity contribution in [2.75, 3.05) is 0 Å². The van der Waals surface area contributed by atoms with Crippen molar-refractivity contribution in [3.63, 3.8) is 0 Å². The Kier molecular flexibility index (Phi) is 1.84. The lowest BCUT2D eigenvalue weighted by molar-refractivity contribution is 1.03. The third-order valence-electron chi connectivity index (χ3n) is 1.38. The molecule has 0 saturated heterocycles. The van der Waals surface area contributed by atoms with Crippen LogP contribution in [0.25, 0.3) is 11.5 Å². The third-order valence-corrected chi connectivity index (χ3v) is 2.26. The van der Waals surface area contributed by atoms with Crippen LogP contribution in [0.5, 0.6) is 0 Å². The van der Waals surface area contributed by atoms with Gasteiger partial charge >= 0.3 is 0 Å². The van der Waals surface area contributed by atoms with Gasteiger partial charge in [-0.05, 0) is 0 Å². The summed E-state index contributed by atoms with van der Waals surface area (Å²) in [7, 11) is 0. The summed E-state index contributed by atoms with van der Waals surface area (Å²) in [6.45, 7) is 0.471. The zero-order valence-electron chi connectivity index (χ0n) is 6.19. The SMILES string of the molecule is NCc1nc(-c2ncn[nH]2)cs1. The van der Waals surface area contributed by atoms with E-state index in [1.54, 1.807) is 0 Å². The number of nitrogens with one attached hydrogen (secondary N) is 1. The lowest BCUT2D eigenvalue weighted by atomic mass is 10.5. The van der Waals surface area contributed by atoms with Crippen molar-refractivity contribution < 1.29 is 0 Å². The Bertz CT molecular complexity index is 352. The average molecular weight is 181 g/mol. The number of H-pyrrole nitrogens is 1. The van der Waals surface area contributed by atoms with Gasteiger partial charge in [-0.2, -0.15) is 5.10 Å². The molecule has 0 aliphatic heterocycles. The maximum absolute atomic E-state index is 5.42. The topological polar surface area (TPSA) is 80.5 Å². The fraction of sp³-hybridized carbons (Fsp3) is 0.167. The number of aromatic nitrogens is 4. The molecule has 62 valence electrons. The molecular formula is C6H7N5S. The van der Waals surface area contributed by atoms with Crippen LogP contribution in [0, 0.1) is 0 Å². The van der Waals surface area contributed by atoms with Crippen molar-refractivity contribution in [2.24, 2.45) is 5.73 Å². The van der Waals surface area contributed by atoms with Crippen molar-refractivity contribution in [3.05, 3.63) is 16.7 Å². The summed E-state index contributed by atoms with van der Waals surface area (Å²) in [5.41, 5.74) is 6.22. The first kappa shape index (κ1) is 7.38. The molecule has 2 heterocycles. The van der Waals surface area contributed by atoms with Crippen LogP contribution in [0.3, 0.4) is 0 Å². The average Bonchev–Trinajstić information content (AvgIpc) is 2.75. The predicted octanol–water partition coefficient (Wildman–Crippen LogP) is 0.387. The van der Waals surface area contributed by atoms with Gasteiger partial charge in [-0.1, -0.05) is 0 Å². The number of hydrogen-bond acceptors (Lipinski definition) is 5. The molecule has 0 atom stereocenters. The lowest BCUT2D eigenvalue weighted by Gasteiger charge is -1.85. The molecule has 0 aliphatic carbocycles. The molecular weight excluding hydrogens is 174 g/mol. The maximum Gasteiger partial charge on any atom is 0.174 e. The van der Waals surface area contributed by atoms with Crippen LogP contribution >= 0.6 is 11.3 Å². The van der Waals surface area contributed by atoms with E-state index in [4.69, 9.17) is 5.73 Å². The summed E-state index contributed by atoms with van der Waals surface area (Å²) in [6, 6.07) is 0. The van der Waals surface area contributed by atoms with E-state index in [0.717, 1.165) is 10.7 Å². The molecule has 0 spiro atoms. The van der Waals surface area contributed by atoms with E-state index >= 15 is 0 Å². The number of thiazole rings is 1. The van der Waals surface area contributed by atoms with E-state index in [1.807, 2.05) is 5.38 Å². The highest BCUT2D eigenvalue weighted by Gasteiger charge is 2.04. The fourth-order valence-corrected chi connectivity index (χ4v) is 1.50. The van der Waals surface area contributed by atoms with Crippen LogP contribution in [0.2, 0.25) is 0 Å². The van der Waals surface area contributed by atoms with Gasteiger partial charge in [-0.25, -0.2) is 9.97 Å². The first-order valence-electron chi connectivity index (χ1n) is 3.40. The Morgan fingerprint density at radius 1 is 1.58 bits per heavy atom. The quantitative estimate of drug-likeness (QED) is 0.702. The summed E-state index contributed by atoms with van der Waals surface area (Å²) in [5.74, 6) is 0.686. The first-order chi connectivity index (χ1) is 5.90. The highest BCUT2D eigenvalue weighted by Crippen LogP contribution is 2.16. The van der Waals surface area contributed by atoms with Crippen molar-refractivity contribution in [1.29, 1.82) is 0 Å². The summed E-state index contributed by atoms with van der Waals surface area (Å²) in [4.78, 5) is 8.20. The minimum absolute atomic E-state index is 0.471. The van der Waals surface area contributed by atoms with Gasteiger partial charge in [0, 0.05) is 11.9 Å². The summed E-state index contributed by atoms with van der Waals surface area (Å²) < 4.78 is 0. The minimum atomic E-state index is 0.471. The molecule has 0 amide bonds. The molecule has 2 aromatic heterocycles. The van der Waals surface area contributed by atoms with Gasteiger partial charge in [-0.3, -0.25) is 5.10 Å². The number of aromatic amines is 1. The van der Waals surface area contributed by atoms with E-state index in [0.29, 0.717) is 12.4 Å². The Balaban J connectivity index is 2.35. The molecule has 2 rings (SSSR count). The molecule has 0 unspecified atom stereocenters. The van der Waals surface area contributed by atoms with Gasteiger partial charge in [0.15, 0.2) is 5.82 Å². The second-order valence-corrected chi connectivity index (χ2v) is 3.11. The van der Waals surface area contributed by atoms with E-state index in [9.17, 15) is 0 Å². The molecule has 0 radical (unpaired) electrons. The van der Waals surface area contributed by atoms with Crippen molar-refractivity contribution in [1.82, 2.24) is 20.2 Å². The second kappa shape index (κ2) is 3.00. The minimum Gasteiger partial charge on any atom is -0.325 e. The summed E-state index contributed by atoms with van der Waals surface area (Å²) in [6.07, 6.45) is 1.46. The smallest absolute Gasteiger partial charge is 0.174 e. The number of nitrogens with zero attached hydrogens (tertiary/aromatic N) is 3. The van der Waals surface area contributed by atoms with Crippen LogP contribution in [-0.2, 0) is 6.54 Å². The maximum atomic E-state index is 5.42. The van der Waals surface area contributed by atoms with E-state index < -0.39 is 0 Å². The van der Waals surface area contributed by atoms with Gasteiger partial charge in [-0.15, -0.1) is 11.3 Å². The Hall–Kier alpha value is -1.27. The van der Waals surface area contributed by atoms with E-state index in [1.165, 1.54) is 17.7 Å². The van der Waals surface area contributed by atoms with E-state index in [-0.39, 0.29) is 0 Å². The first-order valence-corrected chi connectivity index (χ1v) is 4.28. The molecule has 0 saturated carbocycles. The molecule has 0 bridgehead atoms. The Morgan fingerprint density at radius 3 is 3.08 bits per heavy atom. The Labute approximate surface area is 72.7 Å². The zero-order chi connectivity index (χ0) is 8.39. The lowest BCUT2D eigenvalue weighted by Crippen LogP contribution is -1.94. The second-order valence-electron chi connectivity index (χ2n) is 2.16. The number of nitrogens with two attached hydrogens (primary N) is 1. The van der Waals surface area contributed by atoms with Gasteiger partial charge < -0.3 is 5.73 Å². The highest BCUT2D eigenvalue weighted by atomic mass is 32.1. The summed E-state index contributed by atoms with van der Waals surface area (Å²) in [5, 5.41) is 9.27. The van der Waals surface area contributed by atoms with Gasteiger partial charge in [0.1, 0.15) is 17.0 Å². The molecule has 3 N–H and O–H groups in total. The van der Waals surface area contributed by atoms with Crippen LogP contribution < -0.4 is 5.73 Å². The van der Waals surface area contributed by atoms with Crippen molar-refractivity contribution in [3.8, 4) is 11.5 Å². The molecule has 0 fully saturated rings. The number of hydrogen-bond donors (Lipinski definition) is 2. The van der Waals surface area contributed by atoms with Crippen molar-refractivity contribution >= 4 is 11.3 Å². The Morgan fingerprint density at radius 2 is 2.50 bits per heavy atom. The summed E-state index contributed by atoms with van der Waals surface area (Å²) >= 11 is 1.52. The molecule has 6 heteroatoms. The van der Waals surface area contributed by atoms with Crippen LogP contribution in [0.4, 0.5) is 0 Å². The van der Waals surface area contributed by atoms with Crippen LogP contribution in [0.1, 0.15) is 5.01 Å². The molecule has 5 nitrogen and oxygen atoms in total. The number of rotatable bonds is 2. The zero-order valence-corrected chi connectivity index (χ0v) is 7.01. The van der Waals surface area contributed by atoms with Gasteiger partial charge in [0.2, 0.25) is 0 Å². The fourth-order valence-electron chi connectivity index (χ4n) is 0.842. The monoisotopic (exact) mass is 181 g/mol. The molecule has 0 aliphatic rings. The largest absolute Gasteiger partial charge is 0.325 e. The third kappa shape index (κ3) is 1.21.